The van der Waals surface area contributed by atoms with Crippen molar-refractivity contribution in [3.05, 3.63) is 89.1 Å². The van der Waals surface area contributed by atoms with Crippen molar-refractivity contribution in [3.63, 3.8) is 0 Å². The molecule has 4 rings (SSSR count). The number of hydrogen-bond donors (Lipinski definition) is 1. The fourth-order valence-corrected chi connectivity index (χ4v) is 3.84. The van der Waals surface area contributed by atoms with Crippen molar-refractivity contribution in [2.24, 2.45) is 5.73 Å². The quantitative estimate of drug-likeness (QED) is 0.247. The van der Waals surface area contributed by atoms with Crippen molar-refractivity contribution in [3.8, 4) is 17.0 Å². The number of nitrogens with zero attached hydrogens (tertiary/aromatic N) is 2. The van der Waals surface area contributed by atoms with Crippen LogP contribution in [0.25, 0.3) is 16.8 Å². The van der Waals surface area contributed by atoms with Crippen LogP contribution >= 0.6 is 0 Å². The molecule has 0 atom stereocenters. The number of rotatable bonds is 8. The van der Waals surface area contributed by atoms with Crippen molar-refractivity contribution in [2.45, 2.75) is 13.3 Å². The molecule has 172 valence electrons. The number of nitrogens with two attached hydrogens (primary N) is 1. The molecule has 0 aliphatic carbocycles. The zero-order chi connectivity index (χ0) is 24.2. The van der Waals surface area contributed by atoms with Gasteiger partial charge in [-0.2, -0.15) is 5.10 Å². The fraction of sp³-hybridized carbons (Fsp3) is 0.154. The van der Waals surface area contributed by atoms with Gasteiger partial charge in [-0.1, -0.05) is 60.7 Å². The molecular formula is C26H23N3O5. The summed E-state index contributed by atoms with van der Waals surface area (Å²) in [7, 11) is 1.25. The van der Waals surface area contributed by atoms with E-state index in [1.165, 1.54) is 7.11 Å². The normalized spacial score (nSPS) is 10.8. The average Bonchev–Trinajstić information content (AvgIpc) is 3.14. The van der Waals surface area contributed by atoms with Gasteiger partial charge in [-0.3, -0.25) is 9.59 Å². The highest BCUT2D eigenvalue weighted by Crippen LogP contribution is 2.34. The van der Waals surface area contributed by atoms with E-state index in [1.54, 1.807) is 17.5 Å². The molecule has 0 aliphatic heterocycles. The molecule has 0 saturated carbocycles. The highest BCUT2D eigenvalue weighted by atomic mass is 16.6. The number of primary amides is 1. The molecular weight excluding hydrogens is 434 g/mol. The number of aromatic nitrogens is 2. The molecule has 0 spiro atoms. The van der Waals surface area contributed by atoms with Crippen LogP contribution in [-0.2, 0) is 20.7 Å². The second kappa shape index (κ2) is 9.58. The van der Waals surface area contributed by atoms with Crippen LogP contribution in [0, 0.1) is 6.92 Å². The molecule has 2 aromatic heterocycles. The number of benzene rings is 2. The third-order valence-electron chi connectivity index (χ3n) is 5.53. The molecule has 34 heavy (non-hydrogen) atoms. The lowest BCUT2D eigenvalue weighted by atomic mass is 10.0. The van der Waals surface area contributed by atoms with Crippen LogP contribution in [0.5, 0.6) is 5.75 Å². The van der Waals surface area contributed by atoms with E-state index in [9.17, 15) is 14.4 Å². The van der Waals surface area contributed by atoms with Crippen LogP contribution in [0.2, 0.25) is 0 Å². The van der Waals surface area contributed by atoms with E-state index >= 15 is 0 Å². The molecule has 0 radical (unpaired) electrons. The second-order valence-corrected chi connectivity index (χ2v) is 7.69. The van der Waals surface area contributed by atoms with Gasteiger partial charge >= 0.3 is 5.97 Å². The fourth-order valence-electron chi connectivity index (χ4n) is 3.84. The van der Waals surface area contributed by atoms with Crippen molar-refractivity contribution >= 4 is 23.2 Å². The van der Waals surface area contributed by atoms with E-state index in [4.69, 9.17) is 20.3 Å². The summed E-state index contributed by atoms with van der Waals surface area (Å²) in [5, 5.41) is 4.79. The highest BCUT2D eigenvalue weighted by Gasteiger charge is 2.28. The zero-order valence-electron chi connectivity index (χ0n) is 18.8. The van der Waals surface area contributed by atoms with Gasteiger partial charge < -0.3 is 15.2 Å². The van der Waals surface area contributed by atoms with Crippen molar-refractivity contribution in [2.75, 3.05) is 13.7 Å². The summed E-state index contributed by atoms with van der Waals surface area (Å²) in [4.78, 5) is 36.6. The Morgan fingerprint density at radius 3 is 2.26 bits per heavy atom. The number of Topliss-reactive ketones (excluding diaryl/α,β-unsaturated/α-hetero) is 1. The molecule has 4 aromatic rings. The van der Waals surface area contributed by atoms with Gasteiger partial charge in [0.15, 0.2) is 6.61 Å². The lowest BCUT2D eigenvalue weighted by Crippen LogP contribution is -2.24. The summed E-state index contributed by atoms with van der Waals surface area (Å²) in [5.41, 5.74) is 9.38. The largest absolute Gasteiger partial charge is 0.480 e. The van der Waals surface area contributed by atoms with Crippen LogP contribution in [-0.4, -0.2) is 41.0 Å². The topological polar surface area (TPSA) is 113 Å². The number of carbonyl (C=O) groups is 3. The molecule has 0 fully saturated rings. The third kappa shape index (κ3) is 4.38. The lowest BCUT2D eigenvalue weighted by molar-refractivity contribution is -0.142. The van der Waals surface area contributed by atoms with E-state index < -0.39 is 17.7 Å². The molecule has 0 unspecified atom stereocenters. The Morgan fingerprint density at radius 2 is 1.65 bits per heavy atom. The van der Waals surface area contributed by atoms with Crippen LogP contribution in [0.3, 0.4) is 0 Å². The lowest BCUT2D eigenvalue weighted by Gasteiger charge is -2.12. The molecule has 8 heteroatoms. The number of fused-ring (bicyclic) bond motifs is 1. The van der Waals surface area contributed by atoms with E-state index in [0.29, 0.717) is 23.4 Å². The number of ether oxygens (including phenoxy) is 2. The summed E-state index contributed by atoms with van der Waals surface area (Å²) < 4.78 is 12.1. The molecule has 2 N–H and O–H groups in total. The van der Waals surface area contributed by atoms with Gasteiger partial charge in [0.1, 0.15) is 11.3 Å². The number of carbonyl (C=O) groups excluding carboxylic acids is 3. The summed E-state index contributed by atoms with van der Waals surface area (Å²) >= 11 is 0. The first-order valence-electron chi connectivity index (χ1n) is 10.6. The van der Waals surface area contributed by atoms with E-state index in [0.717, 1.165) is 11.1 Å². The number of esters is 1. The molecule has 0 aliphatic rings. The maximum absolute atomic E-state index is 12.9. The first-order valence-corrected chi connectivity index (χ1v) is 10.6. The summed E-state index contributed by atoms with van der Waals surface area (Å²) in [6.07, 6.45) is 0.446. The Morgan fingerprint density at radius 1 is 1.00 bits per heavy atom. The van der Waals surface area contributed by atoms with Crippen molar-refractivity contribution in [1.82, 2.24) is 9.61 Å². The average molecular weight is 457 g/mol. The Bertz CT molecular complexity index is 1380. The molecule has 1 amide bonds. The number of hydrogen-bond acceptors (Lipinski definition) is 6. The zero-order valence-corrected chi connectivity index (χ0v) is 18.8. The van der Waals surface area contributed by atoms with Gasteiger partial charge in [0.05, 0.1) is 24.1 Å². The Labute approximate surface area is 195 Å². The van der Waals surface area contributed by atoms with Gasteiger partial charge in [0.2, 0.25) is 0 Å². The molecule has 2 aromatic carbocycles. The predicted octanol–water partition coefficient (Wildman–Crippen LogP) is 3.12. The van der Waals surface area contributed by atoms with Gasteiger partial charge in [-0.15, -0.1) is 0 Å². The number of amides is 1. The third-order valence-corrected chi connectivity index (χ3v) is 5.53. The highest BCUT2D eigenvalue weighted by molar-refractivity contribution is 6.44. The standard InChI is InChI=1S/C26H23N3O5/c1-16-20(13-17-9-5-3-6-10-17)29-24(23(16)25(31)26(27)32)21(34-15-22(30)33-2)14-19(28-29)18-11-7-4-8-12-18/h3-12,14H,13,15H2,1-2H3,(H2,27,32). The van der Waals surface area contributed by atoms with Gasteiger partial charge in [0, 0.05) is 18.1 Å². The van der Waals surface area contributed by atoms with E-state index in [1.807, 2.05) is 60.7 Å². The van der Waals surface area contributed by atoms with Crippen LogP contribution in [0.4, 0.5) is 0 Å². The maximum atomic E-state index is 12.9. The minimum absolute atomic E-state index is 0.102. The summed E-state index contributed by atoms with van der Waals surface area (Å²) in [5.74, 6) is -2.32. The van der Waals surface area contributed by atoms with Crippen LogP contribution in [0.15, 0.2) is 66.7 Å². The smallest absolute Gasteiger partial charge is 0.343 e. The molecule has 0 saturated heterocycles. The second-order valence-electron chi connectivity index (χ2n) is 7.69. The SMILES string of the molecule is COC(=O)COc1cc(-c2ccccc2)nn2c(Cc3ccccc3)c(C)c(C(=O)C(N)=O)c12. The van der Waals surface area contributed by atoms with Gasteiger partial charge in [-0.05, 0) is 18.1 Å². The molecule has 0 bridgehead atoms. The van der Waals surface area contributed by atoms with Gasteiger partial charge in [-0.25, -0.2) is 9.31 Å². The Balaban J connectivity index is 2.01. The first-order chi connectivity index (χ1) is 16.4. The minimum atomic E-state index is -1.09. The van der Waals surface area contributed by atoms with Gasteiger partial charge in [0.25, 0.3) is 11.7 Å². The number of ketones is 1. The summed E-state index contributed by atoms with van der Waals surface area (Å²) in [6.45, 7) is 1.36. The van der Waals surface area contributed by atoms with Crippen molar-refractivity contribution in [1.29, 1.82) is 0 Å². The molecule has 2 heterocycles. The maximum Gasteiger partial charge on any atom is 0.343 e. The van der Waals surface area contributed by atoms with Crippen molar-refractivity contribution < 1.29 is 23.9 Å². The van der Waals surface area contributed by atoms with E-state index in [2.05, 4.69) is 0 Å². The van der Waals surface area contributed by atoms with E-state index in [-0.39, 0.29) is 23.4 Å². The Kier molecular flexibility index (Phi) is 6.40. The molecule has 8 nitrogen and oxygen atoms in total. The first kappa shape index (κ1) is 22.7. The minimum Gasteiger partial charge on any atom is -0.480 e. The van der Waals surface area contributed by atoms with Crippen LogP contribution in [0.1, 0.15) is 27.2 Å². The predicted molar refractivity (Wildman–Crippen MR) is 126 cm³/mol. The Hall–Kier alpha value is -4.46. The van der Waals surface area contributed by atoms with Crippen LogP contribution < -0.4 is 10.5 Å². The number of methoxy groups -OCH3 is 1. The monoisotopic (exact) mass is 457 g/mol. The summed E-state index contributed by atoms with van der Waals surface area (Å²) in [6, 6.07) is 20.7.